The first-order valence-corrected chi connectivity index (χ1v) is 9.58. The molecular weight excluding hydrogens is 365 g/mol. The monoisotopic (exact) mass is 395 g/mol. The summed E-state index contributed by atoms with van der Waals surface area (Å²) < 4.78 is 23.5. The molecule has 7 nitrogen and oxygen atoms in total. The molecular formula is C20H30FN3O4. The summed E-state index contributed by atoms with van der Waals surface area (Å²) in [5.41, 5.74) is -0.479. The lowest BCUT2D eigenvalue weighted by Crippen LogP contribution is -2.50. The zero-order valence-electron chi connectivity index (χ0n) is 16.9. The molecule has 2 rings (SSSR count). The smallest absolute Gasteiger partial charge is 0.410 e. The number of rotatable bonds is 7. The van der Waals surface area contributed by atoms with Crippen LogP contribution in [0.15, 0.2) is 24.3 Å². The Bertz CT molecular complexity index is 638. The van der Waals surface area contributed by atoms with Gasteiger partial charge in [0.1, 0.15) is 17.2 Å². The summed E-state index contributed by atoms with van der Waals surface area (Å²) in [7, 11) is 0. The maximum absolute atomic E-state index is 12.8. The van der Waals surface area contributed by atoms with Crippen molar-refractivity contribution in [1.82, 2.24) is 15.1 Å². The van der Waals surface area contributed by atoms with Crippen LogP contribution < -0.4 is 10.1 Å². The van der Waals surface area contributed by atoms with Crippen LogP contribution in [0.4, 0.5) is 9.18 Å². The van der Waals surface area contributed by atoms with E-state index in [2.05, 4.69) is 10.2 Å². The normalized spacial score (nSPS) is 15.2. The Morgan fingerprint density at radius 3 is 2.36 bits per heavy atom. The largest absolute Gasteiger partial charge is 0.484 e. The van der Waals surface area contributed by atoms with Crippen LogP contribution in [0.5, 0.6) is 5.75 Å². The van der Waals surface area contributed by atoms with Crippen molar-refractivity contribution in [2.45, 2.75) is 32.8 Å². The fraction of sp³-hybridized carbons (Fsp3) is 0.600. The second kappa shape index (κ2) is 10.3. The van der Waals surface area contributed by atoms with Crippen LogP contribution in [-0.2, 0) is 9.53 Å². The molecule has 28 heavy (non-hydrogen) atoms. The number of nitrogens with zero attached hydrogens (tertiary/aromatic N) is 2. The van der Waals surface area contributed by atoms with E-state index in [-0.39, 0.29) is 24.4 Å². The van der Waals surface area contributed by atoms with Crippen LogP contribution in [0.2, 0.25) is 0 Å². The van der Waals surface area contributed by atoms with Crippen LogP contribution in [0.3, 0.4) is 0 Å². The standard InChI is InChI=1S/C20H30FN3O4/c1-20(2,3)28-19(26)24-13-11-23(12-14-24)10-4-9-22-18(25)15-27-17-7-5-16(21)6-8-17/h5-8H,4,9-15H2,1-3H3,(H,22,25). The quantitative estimate of drug-likeness (QED) is 0.717. The van der Waals surface area contributed by atoms with E-state index in [1.54, 1.807) is 4.90 Å². The Labute approximate surface area is 165 Å². The maximum atomic E-state index is 12.8. The minimum absolute atomic E-state index is 0.0970. The van der Waals surface area contributed by atoms with Crippen molar-refractivity contribution in [2.75, 3.05) is 45.9 Å². The Kier molecular flexibility index (Phi) is 8.04. The number of nitrogens with one attached hydrogen (secondary N) is 1. The lowest BCUT2D eigenvalue weighted by atomic mass is 10.2. The van der Waals surface area contributed by atoms with E-state index in [0.29, 0.717) is 25.4 Å². The maximum Gasteiger partial charge on any atom is 0.410 e. The fourth-order valence-electron chi connectivity index (χ4n) is 2.74. The minimum atomic E-state index is -0.479. The number of carbonyl (C=O) groups excluding carboxylic acids is 2. The van der Waals surface area contributed by atoms with Gasteiger partial charge < -0.3 is 19.7 Å². The number of piperazine rings is 1. The van der Waals surface area contributed by atoms with Crippen molar-refractivity contribution >= 4 is 12.0 Å². The number of halogens is 1. The molecule has 0 spiro atoms. The van der Waals surface area contributed by atoms with Crippen molar-refractivity contribution in [3.63, 3.8) is 0 Å². The van der Waals surface area contributed by atoms with Gasteiger partial charge in [0.15, 0.2) is 6.61 Å². The van der Waals surface area contributed by atoms with Crippen molar-refractivity contribution in [1.29, 1.82) is 0 Å². The Hall–Kier alpha value is -2.35. The molecule has 1 heterocycles. The third-order valence-electron chi connectivity index (χ3n) is 4.18. The van der Waals surface area contributed by atoms with Crippen LogP contribution in [0.25, 0.3) is 0 Å². The van der Waals surface area contributed by atoms with Crippen LogP contribution >= 0.6 is 0 Å². The number of amides is 2. The average molecular weight is 395 g/mol. The molecule has 1 saturated heterocycles. The lowest BCUT2D eigenvalue weighted by molar-refractivity contribution is -0.123. The SMILES string of the molecule is CC(C)(C)OC(=O)N1CCN(CCCNC(=O)COc2ccc(F)cc2)CC1. The van der Waals surface area contributed by atoms with E-state index in [0.717, 1.165) is 26.1 Å². The summed E-state index contributed by atoms with van der Waals surface area (Å²) in [6, 6.07) is 5.55. The molecule has 0 atom stereocenters. The highest BCUT2D eigenvalue weighted by atomic mass is 19.1. The minimum Gasteiger partial charge on any atom is -0.484 e. The molecule has 0 saturated carbocycles. The van der Waals surface area contributed by atoms with Crippen LogP contribution in [-0.4, -0.2) is 73.3 Å². The Morgan fingerprint density at radius 1 is 1.11 bits per heavy atom. The predicted molar refractivity (Wildman–Crippen MR) is 104 cm³/mol. The molecule has 1 fully saturated rings. The van der Waals surface area contributed by atoms with Gasteiger partial charge in [-0.2, -0.15) is 0 Å². The molecule has 0 aliphatic carbocycles. The molecule has 1 aliphatic rings. The lowest BCUT2D eigenvalue weighted by Gasteiger charge is -2.35. The molecule has 8 heteroatoms. The highest BCUT2D eigenvalue weighted by molar-refractivity contribution is 5.77. The first kappa shape index (κ1) is 21.9. The van der Waals surface area contributed by atoms with Crippen molar-refractivity contribution in [3.05, 3.63) is 30.1 Å². The molecule has 2 amide bonds. The third-order valence-corrected chi connectivity index (χ3v) is 4.18. The van der Waals surface area contributed by atoms with Crippen LogP contribution in [0.1, 0.15) is 27.2 Å². The average Bonchev–Trinajstić information content (AvgIpc) is 2.64. The molecule has 156 valence electrons. The van der Waals surface area contributed by atoms with Crippen molar-refractivity contribution in [2.24, 2.45) is 0 Å². The molecule has 0 unspecified atom stereocenters. The van der Waals surface area contributed by atoms with Crippen molar-refractivity contribution < 1.29 is 23.5 Å². The summed E-state index contributed by atoms with van der Waals surface area (Å²) >= 11 is 0. The van der Waals surface area contributed by atoms with E-state index < -0.39 is 5.60 Å². The zero-order chi connectivity index (χ0) is 20.6. The number of ether oxygens (including phenoxy) is 2. The number of hydrogen-bond donors (Lipinski definition) is 1. The Balaban J connectivity index is 1.55. The predicted octanol–water partition coefficient (Wildman–Crippen LogP) is 2.26. The first-order valence-electron chi connectivity index (χ1n) is 9.58. The molecule has 1 aliphatic heterocycles. The van der Waals surface area contributed by atoms with Gasteiger partial charge in [0.2, 0.25) is 0 Å². The second-order valence-electron chi connectivity index (χ2n) is 7.76. The zero-order valence-corrected chi connectivity index (χ0v) is 16.9. The third kappa shape index (κ3) is 8.12. The van der Waals surface area contributed by atoms with Gasteiger partial charge in [-0.3, -0.25) is 9.69 Å². The summed E-state index contributed by atoms with van der Waals surface area (Å²) in [6.07, 6.45) is 0.551. The number of hydrogen-bond acceptors (Lipinski definition) is 5. The van der Waals surface area contributed by atoms with E-state index in [1.165, 1.54) is 24.3 Å². The van der Waals surface area contributed by atoms with Crippen molar-refractivity contribution in [3.8, 4) is 5.75 Å². The van der Waals surface area contributed by atoms with Crippen LogP contribution in [0, 0.1) is 5.82 Å². The van der Waals surface area contributed by atoms with Gasteiger partial charge in [0.05, 0.1) is 0 Å². The van der Waals surface area contributed by atoms with Gasteiger partial charge in [-0.1, -0.05) is 0 Å². The van der Waals surface area contributed by atoms with Gasteiger partial charge in [-0.25, -0.2) is 9.18 Å². The second-order valence-corrected chi connectivity index (χ2v) is 7.76. The van der Waals surface area contributed by atoms with Gasteiger partial charge in [0, 0.05) is 32.7 Å². The van der Waals surface area contributed by atoms with Gasteiger partial charge in [-0.05, 0) is 58.0 Å². The first-order chi connectivity index (χ1) is 13.2. The highest BCUT2D eigenvalue weighted by Gasteiger charge is 2.25. The summed E-state index contributed by atoms with van der Waals surface area (Å²) in [5, 5.41) is 2.81. The topological polar surface area (TPSA) is 71.1 Å². The molecule has 0 radical (unpaired) electrons. The molecule has 1 aromatic rings. The fourth-order valence-corrected chi connectivity index (χ4v) is 2.74. The van der Waals surface area contributed by atoms with Gasteiger partial charge >= 0.3 is 6.09 Å². The summed E-state index contributed by atoms with van der Waals surface area (Å²) in [6.45, 7) is 9.76. The van der Waals surface area contributed by atoms with Gasteiger partial charge in [0.25, 0.3) is 5.91 Å². The molecule has 1 aromatic carbocycles. The molecule has 1 N–H and O–H groups in total. The highest BCUT2D eigenvalue weighted by Crippen LogP contribution is 2.12. The van der Waals surface area contributed by atoms with E-state index in [1.807, 2.05) is 20.8 Å². The van der Waals surface area contributed by atoms with E-state index in [4.69, 9.17) is 9.47 Å². The number of carbonyl (C=O) groups is 2. The van der Waals surface area contributed by atoms with E-state index in [9.17, 15) is 14.0 Å². The summed E-state index contributed by atoms with van der Waals surface area (Å²) in [5.74, 6) is -0.0952. The molecule has 0 aromatic heterocycles. The van der Waals surface area contributed by atoms with E-state index >= 15 is 0 Å². The molecule has 0 bridgehead atoms. The van der Waals surface area contributed by atoms with Gasteiger partial charge in [-0.15, -0.1) is 0 Å². The Morgan fingerprint density at radius 2 is 1.75 bits per heavy atom. The summed E-state index contributed by atoms with van der Waals surface area (Å²) in [4.78, 5) is 27.8. The number of benzene rings is 1.